The SMILES string of the molecule is Cn1c(-c2ccc(F)cc2)nc2ccc(C#N)cc21. The standard InChI is InChI=1S/C15H10FN3/c1-19-14-8-10(9-17)2-7-13(14)18-15(19)11-3-5-12(16)6-4-11/h2-8H,1H3. The molecule has 0 amide bonds. The highest BCUT2D eigenvalue weighted by molar-refractivity contribution is 5.81. The molecule has 0 spiro atoms. The minimum Gasteiger partial charge on any atom is -0.327 e. The zero-order valence-electron chi connectivity index (χ0n) is 10.3. The van der Waals surface area contributed by atoms with Crippen molar-refractivity contribution in [3.05, 3.63) is 53.8 Å². The summed E-state index contributed by atoms with van der Waals surface area (Å²) in [6.45, 7) is 0. The summed E-state index contributed by atoms with van der Waals surface area (Å²) in [4.78, 5) is 4.52. The Morgan fingerprint density at radius 2 is 1.89 bits per heavy atom. The summed E-state index contributed by atoms with van der Waals surface area (Å²) in [6, 6.07) is 13.7. The van der Waals surface area contributed by atoms with E-state index in [4.69, 9.17) is 5.26 Å². The fourth-order valence-corrected chi connectivity index (χ4v) is 2.12. The number of nitrogens with zero attached hydrogens (tertiary/aromatic N) is 3. The number of rotatable bonds is 1. The van der Waals surface area contributed by atoms with Gasteiger partial charge >= 0.3 is 0 Å². The molecule has 0 aliphatic carbocycles. The van der Waals surface area contributed by atoms with Gasteiger partial charge in [-0.2, -0.15) is 5.26 Å². The van der Waals surface area contributed by atoms with Crippen LogP contribution in [0.5, 0.6) is 0 Å². The zero-order chi connectivity index (χ0) is 13.4. The Labute approximate surface area is 109 Å². The summed E-state index contributed by atoms with van der Waals surface area (Å²) in [6.07, 6.45) is 0. The molecular formula is C15H10FN3. The molecule has 0 saturated carbocycles. The Balaban J connectivity index is 2.23. The van der Waals surface area contributed by atoms with Crippen molar-refractivity contribution >= 4 is 11.0 Å². The minimum atomic E-state index is -0.269. The van der Waals surface area contributed by atoms with Crippen molar-refractivity contribution in [2.24, 2.45) is 7.05 Å². The average molecular weight is 251 g/mol. The Morgan fingerprint density at radius 3 is 2.58 bits per heavy atom. The zero-order valence-corrected chi connectivity index (χ0v) is 10.3. The Bertz CT molecular complexity index is 795. The van der Waals surface area contributed by atoms with E-state index in [1.807, 2.05) is 17.7 Å². The van der Waals surface area contributed by atoms with Gasteiger partial charge in [-0.3, -0.25) is 0 Å². The van der Waals surface area contributed by atoms with E-state index in [0.29, 0.717) is 5.56 Å². The largest absolute Gasteiger partial charge is 0.327 e. The molecule has 3 nitrogen and oxygen atoms in total. The molecule has 0 aliphatic heterocycles. The number of benzene rings is 2. The van der Waals surface area contributed by atoms with Gasteiger partial charge in [0.2, 0.25) is 0 Å². The van der Waals surface area contributed by atoms with Gasteiger partial charge in [-0.05, 0) is 42.5 Å². The first-order valence-electron chi connectivity index (χ1n) is 5.81. The second-order valence-electron chi connectivity index (χ2n) is 4.32. The van der Waals surface area contributed by atoms with Gasteiger partial charge in [-0.1, -0.05) is 0 Å². The lowest BCUT2D eigenvalue weighted by atomic mass is 10.2. The molecule has 2 aromatic carbocycles. The maximum atomic E-state index is 12.9. The van der Waals surface area contributed by atoms with E-state index < -0.39 is 0 Å². The van der Waals surface area contributed by atoms with Crippen LogP contribution in [0.25, 0.3) is 22.4 Å². The smallest absolute Gasteiger partial charge is 0.140 e. The number of halogens is 1. The van der Waals surface area contributed by atoms with E-state index in [9.17, 15) is 4.39 Å². The minimum absolute atomic E-state index is 0.269. The van der Waals surface area contributed by atoms with Crippen LogP contribution in [0.15, 0.2) is 42.5 Å². The van der Waals surface area contributed by atoms with Gasteiger partial charge in [0.1, 0.15) is 11.6 Å². The first-order valence-corrected chi connectivity index (χ1v) is 5.81. The van der Waals surface area contributed by atoms with Crippen molar-refractivity contribution in [3.63, 3.8) is 0 Å². The molecule has 0 N–H and O–H groups in total. The molecule has 0 radical (unpaired) electrons. The number of hydrogen-bond donors (Lipinski definition) is 0. The van der Waals surface area contributed by atoms with Crippen LogP contribution in [0.3, 0.4) is 0 Å². The lowest BCUT2D eigenvalue weighted by Crippen LogP contribution is -1.92. The average Bonchev–Trinajstić information content (AvgIpc) is 2.76. The van der Waals surface area contributed by atoms with Crippen LogP contribution < -0.4 is 0 Å². The normalized spacial score (nSPS) is 10.6. The van der Waals surface area contributed by atoms with Gasteiger partial charge in [0.25, 0.3) is 0 Å². The maximum absolute atomic E-state index is 12.9. The summed E-state index contributed by atoms with van der Waals surface area (Å²) >= 11 is 0. The molecule has 0 bridgehead atoms. The van der Waals surface area contributed by atoms with Crippen molar-refractivity contribution in [1.29, 1.82) is 5.26 Å². The second-order valence-corrected chi connectivity index (χ2v) is 4.32. The topological polar surface area (TPSA) is 41.6 Å². The van der Waals surface area contributed by atoms with E-state index in [0.717, 1.165) is 22.4 Å². The molecule has 0 unspecified atom stereocenters. The lowest BCUT2D eigenvalue weighted by molar-refractivity contribution is 0.628. The molecule has 1 heterocycles. The molecule has 0 atom stereocenters. The molecule has 0 fully saturated rings. The lowest BCUT2D eigenvalue weighted by Gasteiger charge is -2.02. The third kappa shape index (κ3) is 1.85. The summed E-state index contributed by atoms with van der Waals surface area (Å²) in [5.41, 5.74) is 3.15. The fraction of sp³-hybridized carbons (Fsp3) is 0.0667. The highest BCUT2D eigenvalue weighted by Gasteiger charge is 2.10. The van der Waals surface area contributed by atoms with Gasteiger partial charge in [0.05, 0.1) is 22.7 Å². The molecule has 4 heteroatoms. The molecular weight excluding hydrogens is 241 g/mol. The van der Waals surface area contributed by atoms with Crippen molar-refractivity contribution < 1.29 is 4.39 Å². The van der Waals surface area contributed by atoms with Gasteiger partial charge in [-0.15, -0.1) is 0 Å². The van der Waals surface area contributed by atoms with Crippen molar-refractivity contribution in [1.82, 2.24) is 9.55 Å². The molecule has 3 rings (SSSR count). The molecule has 0 aliphatic rings. The van der Waals surface area contributed by atoms with Gasteiger partial charge in [-0.25, -0.2) is 9.37 Å². The van der Waals surface area contributed by atoms with Crippen LogP contribution >= 0.6 is 0 Å². The third-order valence-electron chi connectivity index (χ3n) is 3.11. The van der Waals surface area contributed by atoms with Crippen molar-refractivity contribution in [2.75, 3.05) is 0 Å². The quantitative estimate of drug-likeness (QED) is 0.666. The molecule has 19 heavy (non-hydrogen) atoms. The summed E-state index contributed by atoms with van der Waals surface area (Å²) in [5.74, 6) is 0.486. The van der Waals surface area contributed by atoms with Crippen LogP contribution in [0, 0.1) is 17.1 Å². The van der Waals surface area contributed by atoms with Crippen LogP contribution in [0.4, 0.5) is 4.39 Å². The Morgan fingerprint density at radius 1 is 1.16 bits per heavy atom. The first-order chi connectivity index (χ1) is 9.19. The van der Waals surface area contributed by atoms with E-state index in [1.54, 1.807) is 24.3 Å². The van der Waals surface area contributed by atoms with Crippen molar-refractivity contribution in [3.8, 4) is 17.5 Å². The number of aromatic nitrogens is 2. The fourth-order valence-electron chi connectivity index (χ4n) is 2.12. The summed E-state index contributed by atoms with van der Waals surface area (Å²) in [5, 5.41) is 8.92. The highest BCUT2D eigenvalue weighted by Crippen LogP contribution is 2.24. The molecule has 1 aromatic heterocycles. The third-order valence-corrected chi connectivity index (χ3v) is 3.11. The van der Waals surface area contributed by atoms with Crippen LogP contribution in [-0.2, 0) is 7.05 Å². The summed E-state index contributed by atoms with van der Waals surface area (Å²) in [7, 11) is 1.88. The van der Waals surface area contributed by atoms with E-state index in [1.165, 1.54) is 12.1 Å². The number of imidazole rings is 1. The predicted molar refractivity (Wildman–Crippen MR) is 70.8 cm³/mol. The van der Waals surface area contributed by atoms with Gasteiger partial charge < -0.3 is 4.57 Å². The van der Waals surface area contributed by atoms with Crippen LogP contribution in [0.1, 0.15) is 5.56 Å². The molecule has 0 saturated heterocycles. The Hall–Kier alpha value is -2.67. The number of hydrogen-bond acceptors (Lipinski definition) is 2. The Kier molecular flexibility index (Phi) is 2.53. The van der Waals surface area contributed by atoms with E-state index in [2.05, 4.69) is 11.1 Å². The monoisotopic (exact) mass is 251 g/mol. The van der Waals surface area contributed by atoms with Gasteiger partial charge in [0.15, 0.2) is 0 Å². The van der Waals surface area contributed by atoms with Crippen molar-refractivity contribution in [2.45, 2.75) is 0 Å². The first kappa shape index (κ1) is 11.4. The van der Waals surface area contributed by atoms with E-state index in [-0.39, 0.29) is 5.82 Å². The number of nitriles is 1. The van der Waals surface area contributed by atoms with Crippen LogP contribution in [0.2, 0.25) is 0 Å². The number of fused-ring (bicyclic) bond motifs is 1. The second kappa shape index (κ2) is 4.21. The predicted octanol–water partition coefficient (Wildman–Crippen LogP) is 3.25. The molecule has 92 valence electrons. The maximum Gasteiger partial charge on any atom is 0.140 e. The van der Waals surface area contributed by atoms with E-state index >= 15 is 0 Å². The van der Waals surface area contributed by atoms with Crippen LogP contribution in [-0.4, -0.2) is 9.55 Å². The summed E-state index contributed by atoms with van der Waals surface area (Å²) < 4.78 is 14.8. The number of aryl methyl sites for hydroxylation is 1. The molecule has 3 aromatic rings. The highest BCUT2D eigenvalue weighted by atomic mass is 19.1. The van der Waals surface area contributed by atoms with Gasteiger partial charge in [0, 0.05) is 12.6 Å².